The summed E-state index contributed by atoms with van der Waals surface area (Å²) < 4.78 is 1.92. The molecule has 1 amide bonds. The molecule has 0 spiro atoms. The number of hydrogen-bond acceptors (Lipinski definition) is 3. The zero-order valence-corrected chi connectivity index (χ0v) is 11.3. The molecule has 0 aromatic carbocycles. The van der Waals surface area contributed by atoms with Crippen molar-refractivity contribution < 1.29 is 4.79 Å². The van der Waals surface area contributed by atoms with Gasteiger partial charge in [0.2, 0.25) is 5.91 Å². The van der Waals surface area contributed by atoms with Gasteiger partial charge in [-0.15, -0.1) is 12.4 Å². The van der Waals surface area contributed by atoms with E-state index < -0.39 is 0 Å². The summed E-state index contributed by atoms with van der Waals surface area (Å²) in [6.45, 7) is 4.60. The van der Waals surface area contributed by atoms with Crippen LogP contribution in [0.5, 0.6) is 0 Å². The molecule has 100 valence electrons. The standard InChI is InChI=1S/C12H18N4O.ClH/c1-9-3-5-15(14-9)6-7-16-11-2-4-13-10(11)8-12(16)17;/h3,5,10-11,13H,2,4,6-8H2,1H3;1H/t10-,11-;/m1./s1. The highest BCUT2D eigenvalue weighted by Crippen LogP contribution is 2.25. The second-order valence-electron chi connectivity index (χ2n) is 4.93. The molecule has 18 heavy (non-hydrogen) atoms. The minimum atomic E-state index is 0. The molecular weight excluding hydrogens is 252 g/mol. The first-order valence-corrected chi connectivity index (χ1v) is 6.27. The van der Waals surface area contributed by atoms with E-state index in [0.29, 0.717) is 18.5 Å². The van der Waals surface area contributed by atoms with E-state index in [9.17, 15) is 4.79 Å². The molecule has 0 saturated carbocycles. The Morgan fingerprint density at radius 1 is 1.50 bits per heavy atom. The van der Waals surface area contributed by atoms with Gasteiger partial charge in [-0.1, -0.05) is 0 Å². The zero-order valence-electron chi connectivity index (χ0n) is 10.5. The third-order valence-electron chi connectivity index (χ3n) is 3.77. The summed E-state index contributed by atoms with van der Waals surface area (Å²) in [4.78, 5) is 13.9. The Hall–Kier alpha value is -1.07. The predicted molar refractivity (Wildman–Crippen MR) is 70.7 cm³/mol. The monoisotopic (exact) mass is 270 g/mol. The van der Waals surface area contributed by atoms with Gasteiger partial charge >= 0.3 is 0 Å². The van der Waals surface area contributed by atoms with Crippen molar-refractivity contribution in [3.63, 3.8) is 0 Å². The first-order chi connectivity index (χ1) is 8.24. The second kappa shape index (κ2) is 5.28. The van der Waals surface area contributed by atoms with Gasteiger partial charge in [-0.3, -0.25) is 9.48 Å². The number of nitrogens with one attached hydrogen (secondary N) is 1. The molecule has 2 aliphatic rings. The maximum absolute atomic E-state index is 11.9. The summed E-state index contributed by atoms with van der Waals surface area (Å²) in [5, 5.41) is 7.74. The van der Waals surface area contributed by atoms with Crippen molar-refractivity contribution in [3.8, 4) is 0 Å². The average Bonchev–Trinajstić information content (AvgIpc) is 2.93. The van der Waals surface area contributed by atoms with E-state index >= 15 is 0 Å². The van der Waals surface area contributed by atoms with Gasteiger partial charge in [0.1, 0.15) is 0 Å². The molecule has 0 unspecified atom stereocenters. The molecule has 2 saturated heterocycles. The SMILES string of the molecule is Cc1ccn(CCN2C(=O)C[C@H]3NCC[C@H]32)n1.Cl. The molecule has 1 aromatic heterocycles. The summed E-state index contributed by atoms with van der Waals surface area (Å²) in [5.74, 6) is 0.288. The largest absolute Gasteiger partial charge is 0.336 e. The first kappa shape index (κ1) is 13.4. The van der Waals surface area contributed by atoms with Crippen LogP contribution >= 0.6 is 12.4 Å². The number of nitrogens with zero attached hydrogens (tertiary/aromatic N) is 3. The van der Waals surface area contributed by atoms with E-state index in [1.165, 1.54) is 0 Å². The Morgan fingerprint density at radius 3 is 3.06 bits per heavy atom. The van der Waals surface area contributed by atoms with Gasteiger partial charge in [0.25, 0.3) is 0 Å². The van der Waals surface area contributed by atoms with Crippen LogP contribution in [0.3, 0.4) is 0 Å². The van der Waals surface area contributed by atoms with Crippen molar-refractivity contribution in [2.24, 2.45) is 0 Å². The summed E-state index contributed by atoms with van der Waals surface area (Å²) in [6.07, 6.45) is 3.73. The van der Waals surface area contributed by atoms with Crippen LogP contribution in [-0.2, 0) is 11.3 Å². The fourth-order valence-electron chi connectivity index (χ4n) is 2.91. The van der Waals surface area contributed by atoms with Gasteiger partial charge in [0, 0.05) is 31.2 Å². The molecule has 3 heterocycles. The molecule has 0 radical (unpaired) electrons. The molecule has 2 aliphatic heterocycles. The van der Waals surface area contributed by atoms with E-state index in [0.717, 1.165) is 31.7 Å². The van der Waals surface area contributed by atoms with Crippen molar-refractivity contribution in [2.45, 2.75) is 38.4 Å². The second-order valence-corrected chi connectivity index (χ2v) is 4.93. The van der Waals surface area contributed by atoms with Crippen molar-refractivity contribution in [3.05, 3.63) is 18.0 Å². The highest BCUT2D eigenvalue weighted by Gasteiger charge is 2.41. The van der Waals surface area contributed by atoms with Crippen molar-refractivity contribution in [1.29, 1.82) is 0 Å². The number of carbonyl (C=O) groups is 1. The van der Waals surface area contributed by atoms with Crippen molar-refractivity contribution in [1.82, 2.24) is 20.0 Å². The van der Waals surface area contributed by atoms with Gasteiger partial charge in [-0.25, -0.2) is 0 Å². The fourth-order valence-corrected chi connectivity index (χ4v) is 2.91. The van der Waals surface area contributed by atoms with Gasteiger partial charge < -0.3 is 10.2 Å². The predicted octanol–water partition coefficient (Wildman–Crippen LogP) is 0.576. The number of aryl methyl sites for hydroxylation is 1. The minimum Gasteiger partial charge on any atom is -0.336 e. The molecule has 6 heteroatoms. The molecular formula is C12H19ClN4O. The van der Waals surface area contributed by atoms with Gasteiger partial charge in [-0.2, -0.15) is 5.10 Å². The maximum Gasteiger partial charge on any atom is 0.224 e. The molecule has 1 N–H and O–H groups in total. The molecule has 0 bridgehead atoms. The third kappa shape index (κ3) is 2.37. The van der Waals surface area contributed by atoms with Crippen LogP contribution < -0.4 is 5.32 Å². The van der Waals surface area contributed by atoms with Crippen molar-refractivity contribution >= 4 is 18.3 Å². The van der Waals surface area contributed by atoms with E-state index in [1.54, 1.807) is 0 Å². The van der Waals surface area contributed by atoms with Crippen LogP contribution in [0, 0.1) is 6.92 Å². The van der Waals surface area contributed by atoms with Crippen LogP contribution in [0.1, 0.15) is 18.5 Å². The lowest BCUT2D eigenvalue weighted by atomic mass is 10.1. The van der Waals surface area contributed by atoms with Gasteiger partial charge in [0.15, 0.2) is 0 Å². The number of fused-ring (bicyclic) bond motifs is 1. The average molecular weight is 271 g/mol. The zero-order chi connectivity index (χ0) is 11.8. The lowest BCUT2D eigenvalue weighted by Gasteiger charge is -2.23. The Kier molecular flexibility index (Phi) is 3.92. The number of halogens is 1. The van der Waals surface area contributed by atoms with Crippen LogP contribution in [0.15, 0.2) is 12.3 Å². The Morgan fingerprint density at radius 2 is 2.33 bits per heavy atom. The van der Waals surface area contributed by atoms with Crippen LogP contribution in [0.2, 0.25) is 0 Å². The number of rotatable bonds is 3. The third-order valence-corrected chi connectivity index (χ3v) is 3.77. The topological polar surface area (TPSA) is 50.2 Å². The lowest BCUT2D eigenvalue weighted by Crippen LogP contribution is -2.38. The molecule has 0 aliphatic carbocycles. The number of aromatic nitrogens is 2. The first-order valence-electron chi connectivity index (χ1n) is 6.27. The molecule has 2 atom stereocenters. The molecule has 3 rings (SSSR count). The summed E-state index contributed by atoms with van der Waals surface area (Å²) >= 11 is 0. The van der Waals surface area contributed by atoms with Crippen LogP contribution in [0.4, 0.5) is 0 Å². The molecule has 5 nitrogen and oxygen atoms in total. The lowest BCUT2D eigenvalue weighted by molar-refractivity contribution is -0.129. The minimum absolute atomic E-state index is 0. The van der Waals surface area contributed by atoms with E-state index in [1.807, 2.05) is 28.8 Å². The van der Waals surface area contributed by atoms with Crippen LogP contribution in [-0.4, -0.2) is 45.8 Å². The fraction of sp³-hybridized carbons (Fsp3) is 0.667. The maximum atomic E-state index is 11.9. The van der Waals surface area contributed by atoms with Gasteiger partial charge in [0.05, 0.1) is 12.2 Å². The Bertz CT molecular complexity index is 433. The molecule has 1 aromatic rings. The smallest absolute Gasteiger partial charge is 0.224 e. The Labute approximate surface area is 113 Å². The van der Waals surface area contributed by atoms with Crippen molar-refractivity contribution in [2.75, 3.05) is 13.1 Å². The summed E-state index contributed by atoms with van der Waals surface area (Å²) in [7, 11) is 0. The van der Waals surface area contributed by atoms with E-state index in [4.69, 9.17) is 0 Å². The number of hydrogen-bond donors (Lipinski definition) is 1. The number of carbonyl (C=O) groups excluding carboxylic acids is 1. The summed E-state index contributed by atoms with van der Waals surface area (Å²) in [5.41, 5.74) is 1.03. The summed E-state index contributed by atoms with van der Waals surface area (Å²) in [6, 6.07) is 2.80. The van der Waals surface area contributed by atoms with Crippen LogP contribution in [0.25, 0.3) is 0 Å². The van der Waals surface area contributed by atoms with E-state index in [2.05, 4.69) is 10.4 Å². The quantitative estimate of drug-likeness (QED) is 0.874. The van der Waals surface area contributed by atoms with E-state index in [-0.39, 0.29) is 18.3 Å². The highest BCUT2D eigenvalue weighted by molar-refractivity contribution is 5.85. The highest BCUT2D eigenvalue weighted by atomic mass is 35.5. The normalized spacial score (nSPS) is 26.3. The number of likely N-dealkylation sites (tertiary alicyclic amines) is 1. The number of amides is 1. The molecule has 2 fully saturated rings. The van der Waals surface area contributed by atoms with Gasteiger partial charge in [-0.05, 0) is 26.0 Å². The Balaban J connectivity index is 0.00000120.